The normalized spacial score (nSPS) is 17.8. The first-order valence-electron chi connectivity index (χ1n) is 9.03. The number of rotatable bonds is 6. The molecular weight excluding hydrogens is 314 g/mol. The second-order valence-electron chi connectivity index (χ2n) is 6.71. The van der Waals surface area contributed by atoms with Crippen LogP contribution in [-0.4, -0.2) is 32.1 Å². The Labute approximate surface area is 149 Å². The number of amides is 1. The molecule has 2 aromatic heterocycles. The number of pyridine rings is 1. The second-order valence-corrected chi connectivity index (χ2v) is 6.71. The van der Waals surface area contributed by atoms with E-state index in [9.17, 15) is 4.79 Å². The van der Waals surface area contributed by atoms with Crippen LogP contribution in [0.1, 0.15) is 55.2 Å². The number of aryl methyl sites for hydroxylation is 2. The molecule has 6 heteroatoms. The topological polar surface area (TPSA) is 63.1 Å². The maximum Gasteiger partial charge on any atom is 0.217 e. The summed E-state index contributed by atoms with van der Waals surface area (Å²) >= 11 is 0. The predicted octanol–water partition coefficient (Wildman–Crippen LogP) is 2.58. The van der Waals surface area contributed by atoms with Gasteiger partial charge in [-0.25, -0.2) is 0 Å². The van der Waals surface area contributed by atoms with E-state index in [1.807, 2.05) is 10.9 Å². The maximum absolute atomic E-state index is 11.1. The van der Waals surface area contributed by atoms with Crippen LogP contribution >= 0.6 is 0 Å². The molecule has 0 aromatic carbocycles. The molecular formula is C19H27N5O. The molecule has 1 fully saturated rings. The minimum Gasteiger partial charge on any atom is -0.351 e. The van der Waals surface area contributed by atoms with Gasteiger partial charge >= 0.3 is 0 Å². The van der Waals surface area contributed by atoms with Crippen molar-refractivity contribution in [3.8, 4) is 0 Å². The van der Waals surface area contributed by atoms with Crippen molar-refractivity contribution < 1.29 is 4.79 Å². The fraction of sp³-hybridized carbons (Fsp3) is 0.526. The van der Waals surface area contributed by atoms with Crippen LogP contribution < -0.4 is 5.32 Å². The Balaban J connectivity index is 1.73. The van der Waals surface area contributed by atoms with Gasteiger partial charge in [-0.05, 0) is 50.9 Å². The van der Waals surface area contributed by atoms with Gasteiger partial charge in [0.05, 0.1) is 17.9 Å². The quantitative estimate of drug-likeness (QED) is 0.877. The lowest BCUT2D eigenvalue weighted by molar-refractivity contribution is -0.119. The van der Waals surface area contributed by atoms with Crippen molar-refractivity contribution in [2.45, 2.75) is 59.3 Å². The number of hydrogen-bond acceptors (Lipinski definition) is 4. The molecule has 0 bridgehead atoms. The van der Waals surface area contributed by atoms with E-state index in [0.29, 0.717) is 12.6 Å². The fourth-order valence-electron chi connectivity index (χ4n) is 3.50. The molecule has 1 atom stereocenters. The molecule has 1 N–H and O–H groups in total. The summed E-state index contributed by atoms with van der Waals surface area (Å²) in [5.74, 6) is -0.0295. The predicted molar refractivity (Wildman–Crippen MR) is 96.8 cm³/mol. The van der Waals surface area contributed by atoms with E-state index in [1.54, 1.807) is 0 Å². The summed E-state index contributed by atoms with van der Waals surface area (Å²) in [5, 5.41) is 7.38. The van der Waals surface area contributed by atoms with E-state index in [-0.39, 0.29) is 5.91 Å². The Morgan fingerprint density at radius 3 is 3.00 bits per heavy atom. The summed E-state index contributed by atoms with van der Waals surface area (Å²) in [6.45, 7) is 9.15. The molecule has 0 spiro atoms. The molecule has 134 valence electrons. The first kappa shape index (κ1) is 17.6. The number of likely N-dealkylation sites (tertiary alicyclic amines) is 1. The highest BCUT2D eigenvalue weighted by atomic mass is 16.1. The van der Waals surface area contributed by atoms with Gasteiger partial charge in [-0.15, -0.1) is 0 Å². The SMILES string of the molecule is CCn1cc(CN2CCC[C@H]2c2ccnc(CNC(C)=O)c2)c(C)n1. The molecule has 3 heterocycles. The first-order valence-corrected chi connectivity index (χ1v) is 9.03. The summed E-state index contributed by atoms with van der Waals surface area (Å²) in [5.41, 5.74) is 4.62. The molecule has 0 radical (unpaired) electrons. The third-order valence-corrected chi connectivity index (χ3v) is 4.85. The minimum absolute atomic E-state index is 0.0295. The average molecular weight is 341 g/mol. The van der Waals surface area contributed by atoms with Crippen molar-refractivity contribution >= 4 is 5.91 Å². The molecule has 0 aliphatic carbocycles. The van der Waals surface area contributed by atoms with Crippen molar-refractivity contribution in [3.63, 3.8) is 0 Å². The van der Waals surface area contributed by atoms with Crippen molar-refractivity contribution in [3.05, 3.63) is 47.0 Å². The summed E-state index contributed by atoms with van der Waals surface area (Å²) in [6, 6.07) is 4.63. The van der Waals surface area contributed by atoms with E-state index < -0.39 is 0 Å². The molecule has 1 saturated heterocycles. The van der Waals surface area contributed by atoms with Gasteiger partial charge in [0.25, 0.3) is 0 Å². The molecule has 1 aliphatic heterocycles. The smallest absolute Gasteiger partial charge is 0.217 e. The number of hydrogen-bond donors (Lipinski definition) is 1. The highest BCUT2D eigenvalue weighted by Gasteiger charge is 2.27. The van der Waals surface area contributed by atoms with Crippen LogP contribution in [0.15, 0.2) is 24.5 Å². The zero-order chi connectivity index (χ0) is 17.8. The molecule has 6 nitrogen and oxygen atoms in total. The van der Waals surface area contributed by atoms with Gasteiger partial charge in [0, 0.05) is 44.0 Å². The van der Waals surface area contributed by atoms with Crippen LogP contribution in [0.2, 0.25) is 0 Å². The molecule has 0 saturated carbocycles. The summed E-state index contributed by atoms with van der Waals surface area (Å²) < 4.78 is 2.01. The lowest BCUT2D eigenvalue weighted by Crippen LogP contribution is -2.24. The summed E-state index contributed by atoms with van der Waals surface area (Å²) in [4.78, 5) is 18.0. The Kier molecular flexibility index (Phi) is 5.48. The number of carbonyl (C=O) groups excluding carboxylic acids is 1. The van der Waals surface area contributed by atoms with Crippen LogP contribution in [0.25, 0.3) is 0 Å². The van der Waals surface area contributed by atoms with Crippen LogP contribution in [0, 0.1) is 6.92 Å². The summed E-state index contributed by atoms with van der Waals surface area (Å²) in [7, 11) is 0. The Morgan fingerprint density at radius 1 is 1.44 bits per heavy atom. The van der Waals surface area contributed by atoms with Gasteiger partial charge in [0.15, 0.2) is 0 Å². The molecule has 1 aliphatic rings. The lowest BCUT2D eigenvalue weighted by atomic mass is 10.0. The van der Waals surface area contributed by atoms with E-state index in [1.165, 1.54) is 24.5 Å². The van der Waals surface area contributed by atoms with Crippen molar-refractivity contribution in [2.75, 3.05) is 6.54 Å². The fourth-order valence-corrected chi connectivity index (χ4v) is 3.50. The number of aromatic nitrogens is 3. The second kappa shape index (κ2) is 7.78. The largest absolute Gasteiger partial charge is 0.351 e. The molecule has 2 aromatic rings. The third-order valence-electron chi connectivity index (χ3n) is 4.85. The van der Waals surface area contributed by atoms with Crippen LogP contribution in [-0.2, 0) is 24.4 Å². The third kappa shape index (κ3) is 4.25. The summed E-state index contributed by atoms with van der Waals surface area (Å²) in [6.07, 6.45) is 6.38. The van der Waals surface area contributed by atoms with Gasteiger partial charge in [0.1, 0.15) is 0 Å². The highest BCUT2D eigenvalue weighted by molar-refractivity contribution is 5.72. The Bertz CT molecular complexity index is 739. The van der Waals surface area contributed by atoms with Gasteiger partial charge < -0.3 is 5.32 Å². The van der Waals surface area contributed by atoms with Crippen molar-refractivity contribution in [1.29, 1.82) is 0 Å². The molecule has 1 amide bonds. The van der Waals surface area contributed by atoms with Gasteiger partial charge in [-0.2, -0.15) is 5.10 Å². The molecule has 3 rings (SSSR count). The van der Waals surface area contributed by atoms with E-state index in [2.05, 4.69) is 52.5 Å². The van der Waals surface area contributed by atoms with E-state index in [0.717, 1.165) is 37.4 Å². The van der Waals surface area contributed by atoms with Crippen LogP contribution in [0.3, 0.4) is 0 Å². The lowest BCUT2D eigenvalue weighted by Gasteiger charge is -2.25. The zero-order valence-electron chi connectivity index (χ0n) is 15.3. The minimum atomic E-state index is -0.0295. The van der Waals surface area contributed by atoms with Crippen LogP contribution in [0.4, 0.5) is 0 Å². The Morgan fingerprint density at radius 2 is 2.28 bits per heavy atom. The number of carbonyl (C=O) groups is 1. The molecule has 0 unspecified atom stereocenters. The standard InChI is InChI=1S/C19H27N5O/c1-4-24-13-17(14(2)22-24)12-23-9-5-6-19(23)16-7-8-20-18(10-16)11-21-15(3)25/h7-8,10,13,19H,4-6,9,11-12H2,1-3H3,(H,21,25)/t19-/m0/s1. The number of nitrogens with zero attached hydrogens (tertiary/aromatic N) is 4. The van der Waals surface area contributed by atoms with Gasteiger partial charge in [-0.1, -0.05) is 0 Å². The number of nitrogens with one attached hydrogen (secondary N) is 1. The van der Waals surface area contributed by atoms with Gasteiger partial charge in [-0.3, -0.25) is 19.4 Å². The Hall–Kier alpha value is -2.21. The molecule has 25 heavy (non-hydrogen) atoms. The van der Waals surface area contributed by atoms with E-state index >= 15 is 0 Å². The maximum atomic E-state index is 11.1. The van der Waals surface area contributed by atoms with Crippen molar-refractivity contribution in [2.24, 2.45) is 0 Å². The van der Waals surface area contributed by atoms with Crippen molar-refractivity contribution in [1.82, 2.24) is 25.0 Å². The van der Waals surface area contributed by atoms with Gasteiger partial charge in [0.2, 0.25) is 5.91 Å². The van der Waals surface area contributed by atoms with Crippen LogP contribution in [0.5, 0.6) is 0 Å². The average Bonchev–Trinajstić information content (AvgIpc) is 3.20. The highest BCUT2D eigenvalue weighted by Crippen LogP contribution is 2.33. The first-order chi connectivity index (χ1) is 12.1. The zero-order valence-corrected chi connectivity index (χ0v) is 15.3. The van der Waals surface area contributed by atoms with E-state index in [4.69, 9.17) is 0 Å². The monoisotopic (exact) mass is 341 g/mol.